The van der Waals surface area contributed by atoms with Crippen LogP contribution in [-0.4, -0.2) is 27.8 Å². The van der Waals surface area contributed by atoms with Crippen molar-refractivity contribution in [1.29, 1.82) is 0 Å². The third kappa shape index (κ3) is 2.41. The molecule has 2 rings (SSSR count). The number of methoxy groups -OCH3 is 1. The molecule has 7 nitrogen and oxygen atoms in total. The summed E-state index contributed by atoms with van der Waals surface area (Å²) in [6, 6.07) is 5.13. The van der Waals surface area contributed by atoms with E-state index in [4.69, 9.17) is 0 Å². The smallest absolute Gasteiger partial charge is 0.365 e. The molecule has 0 bridgehead atoms. The topological polar surface area (TPSA) is 87.3 Å². The summed E-state index contributed by atoms with van der Waals surface area (Å²) < 4.78 is 18.3. The summed E-state index contributed by atoms with van der Waals surface area (Å²) in [4.78, 5) is 21.5. The number of carbonyl (C=O) groups excluding carboxylic acids is 1. The Morgan fingerprint density at radius 2 is 2.05 bits per heavy atom. The molecule has 0 fully saturated rings. The second-order valence-electron chi connectivity index (χ2n) is 3.53. The Kier molecular flexibility index (Phi) is 3.23. The van der Waals surface area contributed by atoms with Crippen molar-refractivity contribution in [2.45, 2.75) is 0 Å². The minimum Gasteiger partial charge on any atom is -0.464 e. The molecule has 0 aliphatic rings. The van der Waals surface area contributed by atoms with Gasteiger partial charge in [0.1, 0.15) is 12.0 Å². The maximum Gasteiger partial charge on any atom is 0.365 e. The Morgan fingerprint density at radius 1 is 1.42 bits per heavy atom. The van der Waals surface area contributed by atoms with Gasteiger partial charge < -0.3 is 4.74 Å². The quantitative estimate of drug-likeness (QED) is 0.479. The lowest BCUT2D eigenvalue weighted by atomic mass is 10.3. The first-order valence-corrected chi connectivity index (χ1v) is 5.11. The fourth-order valence-electron chi connectivity index (χ4n) is 1.47. The van der Waals surface area contributed by atoms with E-state index in [-0.39, 0.29) is 0 Å². The van der Waals surface area contributed by atoms with E-state index in [2.05, 4.69) is 9.84 Å². The van der Waals surface area contributed by atoms with Crippen molar-refractivity contribution in [2.75, 3.05) is 7.11 Å². The molecule has 0 N–H and O–H groups in total. The lowest BCUT2D eigenvalue weighted by molar-refractivity contribution is -0.385. The van der Waals surface area contributed by atoms with E-state index in [0.29, 0.717) is 5.69 Å². The largest absolute Gasteiger partial charge is 0.464 e. The maximum atomic E-state index is 12.8. The second kappa shape index (κ2) is 4.84. The molecule has 0 aliphatic carbocycles. The molecule has 19 heavy (non-hydrogen) atoms. The number of nitrogens with zero attached hydrogens (tertiary/aromatic N) is 3. The Labute approximate surface area is 106 Å². The van der Waals surface area contributed by atoms with E-state index in [0.717, 1.165) is 18.0 Å². The number of benzene rings is 1. The molecule has 0 amide bonds. The van der Waals surface area contributed by atoms with Crippen LogP contribution >= 0.6 is 0 Å². The van der Waals surface area contributed by atoms with Crippen LogP contribution in [0.1, 0.15) is 10.5 Å². The zero-order valence-electron chi connectivity index (χ0n) is 9.74. The molecular weight excluding hydrogens is 257 g/mol. The third-order valence-corrected chi connectivity index (χ3v) is 2.36. The minimum absolute atomic E-state index is 0.389. The maximum absolute atomic E-state index is 12.8. The van der Waals surface area contributed by atoms with Crippen LogP contribution in [0.3, 0.4) is 0 Å². The Balaban J connectivity index is 2.51. The first-order valence-electron chi connectivity index (χ1n) is 5.11. The van der Waals surface area contributed by atoms with E-state index in [1.165, 1.54) is 24.3 Å². The van der Waals surface area contributed by atoms with E-state index < -0.39 is 28.1 Å². The number of carbonyl (C=O) groups is 1. The molecule has 0 saturated carbocycles. The highest BCUT2D eigenvalue weighted by Crippen LogP contribution is 2.20. The van der Waals surface area contributed by atoms with Crippen LogP contribution in [0.15, 0.2) is 30.5 Å². The van der Waals surface area contributed by atoms with Crippen LogP contribution in [0, 0.1) is 15.9 Å². The molecule has 0 aliphatic heterocycles. The van der Waals surface area contributed by atoms with Gasteiger partial charge in [-0.1, -0.05) is 0 Å². The molecule has 1 aromatic carbocycles. The van der Waals surface area contributed by atoms with Gasteiger partial charge in [0.05, 0.1) is 17.7 Å². The highest BCUT2D eigenvalue weighted by molar-refractivity contribution is 5.91. The highest BCUT2D eigenvalue weighted by Gasteiger charge is 2.26. The van der Waals surface area contributed by atoms with Crippen LogP contribution in [0.5, 0.6) is 0 Å². The van der Waals surface area contributed by atoms with Gasteiger partial charge >= 0.3 is 11.7 Å². The van der Waals surface area contributed by atoms with E-state index >= 15 is 0 Å². The van der Waals surface area contributed by atoms with Crippen LogP contribution in [0.2, 0.25) is 0 Å². The molecule has 1 heterocycles. The summed E-state index contributed by atoms with van der Waals surface area (Å²) in [7, 11) is 1.10. The van der Waals surface area contributed by atoms with Gasteiger partial charge in [0.15, 0.2) is 0 Å². The molecular formula is C11H8FN3O4. The van der Waals surface area contributed by atoms with Crippen LogP contribution in [-0.2, 0) is 4.74 Å². The average molecular weight is 265 g/mol. The lowest BCUT2D eigenvalue weighted by Gasteiger charge is -1.99. The number of hydrogen-bond donors (Lipinski definition) is 0. The van der Waals surface area contributed by atoms with Crippen molar-refractivity contribution >= 4 is 11.7 Å². The fourth-order valence-corrected chi connectivity index (χ4v) is 1.47. The monoisotopic (exact) mass is 265 g/mol. The van der Waals surface area contributed by atoms with Gasteiger partial charge in [0.25, 0.3) is 0 Å². The predicted molar refractivity (Wildman–Crippen MR) is 61.5 cm³/mol. The lowest BCUT2D eigenvalue weighted by Crippen LogP contribution is -2.06. The number of hydrogen-bond acceptors (Lipinski definition) is 5. The molecule has 98 valence electrons. The summed E-state index contributed by atoms with van der Waals surface area (Å²) >= 11 is 0. The Hall–Kier alpha value is -2.77. The second-order valence-corrected chi connectivity index (χ2v) is 3.53. The van der Waals surface area contributed by atoms with E-state index in [1.54, 1.807) is 0 Å². The first kappa shape index (κ1) is 12.7. The Morgan fingerprint density at radius 3 is 2.58 bits per heavy atom. The van der Waals surface area contributed by atoms with Crippen molar-refractivity contribution in [1.82, 2.24) is 9.78 Å². The summed E-state index contributed by atoms with van der Waals surface area (Å²) in [5, 5.41) is 14.6. The van der Waals surface area contributed by atoms with Crippen LogP contribution in [0.4, 0.5) is 10.1 Å². The zero-order chi connectivity index (χ0) is 14.0. The van der Waals surface area contributed by atoms with Gasteiger partial charge in [-0.15, -0.1) is 0 Å². The molecule has 0 unspecified atom stereocenters. The van der Waals surface area contributed by atoms with E-state index in [9.17, 15) is 19.3 Å². The van der Waals surface area contributed by atoms with Crippen molar-refractivity contribution < 1.29 is 18.8 Å². The van der Waals surface area contributed by atoms with Gasteiger partial charge in [-0.05, 0) is 24.3 Å². The van der Waals surface area contributed by atoms with Gasteiger partial charge in [0, 0.05) is 0 Å². The molecule has 0 atom stereocenters. The molecule has 0 radical (unpaired) electrons. The number of esters is 1. The van der Waals surface area contributed by atoms with Gasteiger partial charge in [-0.3, -0.25) is 10.1 Å². The number of nitro groups is 1. The van der Waals surface area contributed by atoms with Crippen molar-refractivity contribution in [3.63, 3.8) is 0 Å². The van der Waals surface area contributed by atoms with E-state index in [1.807, 2.05) is 0 Å². The number of halogens is 1. The molecule has 2 aromatic rings. The fraction of sp³-hybridized carbons (Fsp3) is 0.0909. The average Bonchev–Trinajstić information content (AvgIpc) is 2.84. The third-order valence-electron chi connectivity index (χ3n) is 2.36. The zero-order valence-corrected chi connectivity index (χ0v) is 9.74. The molecule has 8 heteroatoms. The predicted octanol–water partition coefficient (Wildman–Crippen LogP) is 1.71. The number of ether oxygens (including phenoxy) is 1. The summed E-state index contributed by atoms with van der Waals surface area (Å²) in [5.41, 5.74) is -0.493. The normalized spacial score (nSPS) is 10.2. The van der Waals surface area contributed by atoms with Crippen molar-refractivity contribution in [3.8, 4) is 5.69 Å². The summed E-state index contributed by atoms with van der Waals surface area (Å²) in [5.74, 6) is -1.36. The van der Waals surface area contributed by atoms with Gasteiger partial charge in [-0.25, -0.2) is 13.9 Å². The van der Waals surface area contributed by atoms with Crippen LogP contribution in [0.25, 0.3) is 5.69 Å². The highest BCUT2D eigenvalue weighted by atomic mass is 19.1. The van der Waals surface area contributed by atoms with Crippen LogP contribution < -0.4 is 0 Å². The van der Waals surface area contributed by atoms with Crippen molar-refractivity contribution in [3.05, 3.63) is 52.1 Å². The summed E-state index contributed by atoms with van der Waals surface area (Å²) in [6.45, 7) is 0. The first-order chi connectivity index (χ1) is 9.02. The molecule has 0 saturated heterocycles. The minimum atomic E-state index is -0.910. The SMILES string of the molecule is COC(=O)c1nn(-c2ccc(F)cc2)cc1[N+](=O)[O-]. The summed E-state index contributed by atoms with van der Waals surface area (Å²) in [6.07, 6.45) is 1.07. The molecule has 0 spiro atoms. The Bertz CT molecular complexity index is 636. The standard InChI is InChI=1S/C11H8FN3O4/c1-19-11(16)10-9(15(17)18)6-14(13-10)8-4-2-7(12)3-5-8/h2-6H,1H3. The molecule has 1 aromatic heterocycles. The number of rotatable bonds is 3. The number of aromatic nitrogens is 2. The van der Waals surface area contributed by atoms with Gasteiger partial charge in [-0.2, -0.15) is 5.10 Å². The van der Waals surface area contributed by atoms with Gasteiger partial charge in [0.2, 0.25) is 5.69 Å². The van der Waals surface area contributed by atoms with Crippen molar-refractivity contribution in [2.24, 2.45) is 0 Å².